The van der Waals surface area contributed by atoms with Crippen molar-refractivity contribution in [3.63, 3.8) is 0 Å². The van der Waals surface area contributed by atoms with Crippen LogP contribution in [-0.2, 0) is 4.79 Å². The summed E-state index contributed by atoms with van der Waals surface area (Å²) in [5.74, 6) is 3.43. The highest BCUT2D eigenvalue weighted by Gasteiger charge is 2.20. The molecule has 4 rings (SSSR count). The minimum absolute atomic E-state index is 0.111. The van der Waals surface area contributed by atoms with Crippen LogP contribution in [-0.4, -0.2) is 58.0 Å². The van der Waals surface area contributed by atoms with Gasteiger partial charge in [0.25, 0.3) is 6.47 Å². The highest BCUT2D eigenvalue weighted by molar-refractivity contribution is 6.00. The first-order valence-electron chi connectivity index (χ1n) is 9.65. The summed E-state index contributed by atoms with van der Waals surface area (Å²) in [6, 6.07) is 13.5. The van der Waals surface area contributed by atoms with Crippen molar-refractivity contribution in [3.8, 4) is 29.4 Å². The fourth-order valence-corrected chi connectivity index (χ4v) is 3.71. The molecule has 1 aromatic heterocycles. The van der Waals surface area contributed by atoms with Crippen molar-refractivity contribution in [1.82, 2.24) is 15.1 Å². The Labute approximate surface area is 175 Å². The molecule has 1 fully saturated rings. The molecule has 7 heteroatoms. The van der Waals surface area contributed by atoms with E-state index >= 15 is 0 Å². The first-order chi connectivity index (χ1) is 14.6. The van der Waals surface area contributed by atoms with E-state index in [1.54, 1.807) is 18.2 Å². The maximum atomic E-state index is 10.4. The number of phenolic OH excluding ortho intramolecular Hbond substituents is 1. The van der Waals surface area contributed by atoms with Crippen LogP contribution in [0.25, 0.3) is 22.0 Å². The van der Waals surface area contributed by atoms with Crippen LogP contribution in [0.2, 0.25) is 0 Å². The van der Waals surface area contributed by atoms with E-state index in [1.807, 2.05) is 24.3 Å². The predicted molar refractivity (Wildman–Crippen MR) is 117 cm³/mol. The number of likely N-dealkylation sites (N-methyl/N-ethyl adjacent to an activating group) is 1. The second kappa shape index (κ2) is 9.72. The summed E-state index contributed by atoms with van der Waals surface area (Å²) < 4.78 is 0. The number of nitrogens with zero attached hydrogens (tertiary/aromatic N) is 3. The minimum Gasteiger partial charge on any atom is -0.507 e. The van der Waals surface area contributed by atoms with Crippen molar-refractivity contribution in [2.75, 3.05) is 25.5 Å². The molecule has 154 valence electrons. The Morgan fingerprint density at radius 1 is 1.23 bits per heavy atom. The Balaban J connectivity index is 0.000000806. The van der Waals surface area contributed by atoms with E-state index in [0.717, 1.165) is 36.1 Å². The van der Waals surface area contributed by atoms with Crippen LogP contribution in [0.3, 0.4) is 0 Å². The van der Waals surface area contributed by atoms with Crippen molar-refractivity contribution in [2.45, 2.75) is 18.9 Å². The number of piperidine rings is 1. The van der Waals surface area contributed by atoms with E-state index in [2.05, 4.69) is 33.4 Å². The standard InChI is InChI=1S/C22H22N4O.CH2O2/c1-3-15-10-11-19(20(27)13-15)21-17-8-4-5-9-18(17)22(25-24-21)23-16-7-6-12-26(2)14-16;2-1-3/h1,4-5,8-11,13,16,27H,6-7,12,14H2,2H3,(H,23,25);1H,(H,2,3)/t16-;/m1./s1. The van der Waals surface area contributed by atoms with Gasteiger partial charge in [-0.15, -0.1) is 16.6 Å². The van der Waals surface area contributed by atoms with Crippen LogP contribution in [0.1, 0.15) is 18.4 Å². The van der Waals surface area contributed by atoms with Crippen LogP contribution in [0.4, 0.5) is 5.82 Å². The topological polar surface area (TPSA) is 98.6 Å². The Bertz CT molecular complexity index is 1080. The van der Waals surface area contributed by atoms with Crippen LogP contribution < -0.4 is 5.32 Å². The minimum atomic E-state index is -0.250. The molecule has 30 heavy (non-hydrogen) atoms. The third-order valence-corrected chi connectivity index (χ3v) is 5.07. The second-order valence-electron chi connectivity index (χ2n) is 7.17. The number of terminal acetylenes is 1. The van der Waals surface area contributed by atoms with Gasteiger partial charge in [0, 0.05) is 34.5 Å². The largest absolute Gasteiger partial charge is 0.507 e. The summed E-state index contributed by atoms with van der Waals surface area (Å²) in [5, 5.41) is 31.7. The average Bonchev–Trinajstić information content (AvgIpc) is 2.75. The molecule has 7 nitrogen and oxygen atoms in total. The molecular weight excluding hydrogens is 380 g/mol. The Kier molecular flexibility index (Phi) is 6.83. The van der Waals surface area contributed by atoms with E-state index in [4.69, 9.17) is 16.3 Å². The Morgan fingerprint density at radius 3 is 2.63 bits per heavy atom. The summed E-state index contributed by atoms with van der Waals surface area (Å²) >= 11 is 0. The lowest BCUT2D eigenvalue weighted by Gasteiger charge is -2.30. The first kappa shape index (κ1) is 21.1. The van der Waals surface area contributed by atoms with Gasteiger partial charge in [0.15, 0.2) is 5.82 Å². The van der Waals surface area contributed by atoms with Crippen molar-refractivity contribution in [2.24, 2.45) is 0 Å². The Hall–Kier alpha value is -3.63. The number of hydrogen-bond donors (Lipinski definition) is 3. The van der Waals surface area contributed by atoms with Gasteiger partial charge in [-0.25, -0.2) is 0 Å². The molecule has 0 bridgehead atoms. The zero-order chi connectivity index (χ0) is 21.5. The van der Waals surface area contributed by atoms with Gasteiger partial charge in [0.1, 0.15) is 11.4 Å². The zero-order valence-electron chi connectivity index (χ0n) is 16.7. The van der Waals surface area contributed by atoms with Crippen molar-refractivity contribution >= 4 is 23.1 Å². The van der Waals surface area contributed by atoms with Crippen LogP contribution in [0, 0.1) is 12.3 Å². The summed E-state index contributed by atoms with van der Waals surface area (Å²) in [4.78, 5) is 10.7. The summed E-state index contributed by atoms with van der Waals surface area (Å²) in [6.45, 7) is 1.88. The SMILES string of the molecule is C#Cc1ccc(-c2nnc(N[C@@H]3CCCN(C)C3)c3ccccc23)c(O)c1.O=CO. The molecule has 1 aliphatic rings. The van der Waals surface area contributed by atoms with Crippen molar-refractivity contribution < 1.29 is 15.0 Å². The molecule has 0 radical (unpaired) electrons. The normalized spacial score (nSPS) is 16.2. The number of carboxylic acid groups (broad SMARTS) is 1. The molecule has 1 atom stereocenters. The van der Waals surface area contributed by atoms with Gasteiger partial charge in [-0.1, -0.05) is 30.2 Å². The molecule has 0 aliphatic carbocycles. The third kappa shape index (κ3) is 4.67. The molecule has 3 N–H and O–H groups in total. The number of anilines is 1. The number of aromatic nitrogens is 2. The smallest absolute Gasteiger partial charge is 0.290 e. The van der Waals surface area contributed by atoms with E-state index in [1.165, 1.54) is 6.42 Å². The molecule has 1 aliphatic heterocycles. The maximum absolute atomic E-state index is 10.4. The Morgan fingerprint density at radius 2 is 1.97 bits per heavy atom. The number of benzene rings is 2. The van der Waals surface area contributed by atoms with Gasteiger partial charge >= 0.3 is 0 Å². The van der Waals surface area contributed by atoms with Crippen LogP contribution in [0.15, 0.2) is 42.5 Å². The van der Waals surface area contributed by atoms with Crippen molar-refractivity contribution in [3.05, 3.63) is 48.0 Å². The molecule has 1 saturated heterocycles. The third-order valence-electron chi connectivity index (χ3n) is 5.07. The number of aromatic hydroxyl groups is 1. The number of hydrogen-bond acceptors (Lipinski definition) is 6. The van der Waals surface area contributed by atoms with Gasteiger partial charge in [-0.2, -0.15) is 0 Å². The zero-order valence-corrected chi connectivity index (χ0v) is 16.7. The summed E-state index contributed by atoms with van der Waals surface area (Å²) in [5.41, 5.74) is 1.91. The lowest BCUT2D eigenvalue weighted by molar-refractivity contribution is -0.122. The first-order valence-corrected chi connectivity index (χ1v) is 9.65. The molecule has 0 unspecified atom stereocenters. The number of fused-ring (bicyclic) bond motifs is 1. The number of phenols is 1. The lowest BCUT2D eigenvalue weighted by atomic mass is 10.0. The quantitative estimate of drug-likeness (QED) is 0.455. The van der Waals surface area contributed by atoms with E-state index in [9.17, 15) is 5.11 Å². The highest BCUT2D eigenvalue weighted by atomic mass is 16.3. The molecule has 3 aromatic rings. The molecule has 0 spiro atoms. The predicted octanol–water partition coefficient (Wildman–Crippen LogP) is 3.19. The molecule has 0 saturated carbocycles. The molecule has 2 aromatic carbocycles. The summed E-state index contributed by atoms with van der Waals surface area (Å²) in [7, 11) is 2.14. The van der Waals surface area contributed by atoms with Gasteiger partial charge < -0.3 is 20.4 Å². The number of rotatable bonds is 3. The van der Waals surface area contributed by atoms with Gasteiger partial charge in [0.2, 0.25) is 0 Å². The monoisotopic (exact) mass is 404 g/mol. The number of nitrogens with one attached hydrogen (secondary N) is 1. The molecular formula is C23H24N4O3. The van der Waals surface area contributed by atoms with E-state index in [0.29, 0.717) is 22.9 Å². The number of carbonyl (C=O) groups is 1. The van der Waals surface area contributed by atoms with Gasteiger partial charge in [0.05, 0.1) is 0 Å². The molecule has 2 heterocycles. The van der Waals surface area contributed by atoms with Crippen LogP contribution in [0.5, 0.6) is 5.75 Å². The molecule has 0 amide bonds. The highest BCUT2D eigenvalue weighted by Crippen LogP contribution is 2.35. The van der Waals surface area contributed by atoms with E-state index < -0.39 is 0 Å². The van der Waals surface area contributed by atoms with Crippen LogP contribution >= 0.6 is 0 Å². The average molecular weight is 404 g/mol. The number of likely N-dealkylation sites (tertiary alicyclic amines) is 1. The van der Waals surface area contributed by atoms with Gasteiger partial charge in [-0.3, -0.25) is 4.79 Å². The van der Waals surface area contributed by atoms with E-state index in [-0.39, 0.29) is 12.2 Å². The van der Waals surface area contributed by atoms with Crippen molar-refractivity contribution in [1.29, 1.82) is 0 Å². The van der Waals surface area contributed by atoms with Gasteiger partial charge in [-0.05, 0) is 44.6 Å². The maximum Gasteiger partial charge on any atom is 0.290 e. The second-order valence-corrected chi connectivity index (χ2v) is 7.17. The lowest BCUT2D eigenvalue weighted by Crippen LogP contribution is -2.40. The fourth-order valence-electron chi connectivity index (χ4n) is 3.71. The fraction of sp³-hybridized carbons (Fsp3) is 0.261. The summed E-state index contributed by atoms with van der Waals surface area (Å²) in [6.07, 6.45) is 7.71.